The molecule has 0 radical (unpaired) electrons. The number of guanidine groups is 1. The number of para-hydroxylation sites is 1. The lowest BCUT2D eigenvalue weighted by molar-refractivity contribution is 0.353. The minimum atomic E-state index is -0.117. The highest BCUT2D eigenvalue weighted by atomic mass is 127. The van der Waals surface area contributed by atoms with Gasteiger partial charge in [0.2, 0.25) is 0 Å². The number of methoxy groups -OCH3 is 2. The Morgan fingerprint density at radius 2 is 1.77 bits per heavy atom. The number of hydrogen-bond acceptors (Lipinski definition) is 3. The predicted octanol–water partition coefficient (Wildman–Crippen LogP) is 4.49. The van der Waals surface area contributed by atoms with Crippen LogP contribution in [0, 0.1) is 0 Å². The van der Waals surface area contributed by atoms with Gasteiger partial charge in [0.25, 0.3) is 0 Å². The largest absolute Gasteiger partial charge is 0.493 e. The zero-order chi connectivity index (χ0) is 21.6. The van der Waals surface area contributed by atoms with Crippen LogP contribution in [0.1, 0.15) is 25.0 Å². The SMILES string of the molecule is CN=C(NCCc1c[nH]c2ccccc12)NCC(C)(C)c1ccc(OC)c(OC)c1.I. The summed E-state index contributed by atoms with van der Waals surface area (Å²) in [5.74, 6) is 2.27. The van der Waals surface area contributed by atoms with E-state index in [2.05, 4.69) is 64.9 Å². The maximum Gasteiger partial charge on any atom is 0.191 e. The second-order valence-corrected chi connectivity index (χ2v) is 7.92. The molecule has 3 N–H and O–H groups in total. The van der Waals surface area contributed by atoms with Crippen LogP contribution in [0.2, 0.25) is 0 Å². The number of ether oxygens (including phenoxy) is 2. The summed E-state index contributed by atoms with van der Waals surface area (Å²) in [5, 5.41) is 8.14. The number of H-pyrrole nitrogens is 1. The maximum absolute atomic E-state index is 5.45. The van der Waals surface area contributed by atoms with Gasteiger partial charge in [-0.05, 0) is 35.7 Å². The van der Waals surface area contributed by atoms with Gasteiger partial charge in [-0.15, -0.1) is 24.0 Å². The summed E-state index contributed by atoms with van der Waals surface area (Å²) >= 11 is 0. The molecule has 0 saturated carbocycles. The van der Waals surface area contributed by atoms with Crippen LogP contribution in [-0.2, 0) is 11.8 Å². The molecule has 0 spiro atoms. The molecule has 0 fully saturated rings. The number of hydrogen-bond donors (Lipinski definition) is 3. The van der Waals surface area contributed by atoms with Gasteiger partial charge in [-0.3, -0.25) is 4.99 Å². The Kier molecular flexibility index (Phi) is 9.03. The highest BCUT2D eigenvalue weighted by molar-refractivity contribution is 14.0. The molecule has 2 aromatic carbocycles. The van der Waals surface area contributed by atoms with E-state index < -0.39 is 0 Å². The Morgan fingerprint density at radius 3 is 2.48 bits per heavy atom. The maximum atomic E-state index is 5.45. The molecular weight excluding hydrogens is 503 g/mol. The van der Waals surface area contributed by atoms with Crippen LogP contribution in [0.25, 0.3) is 10.9 Å². The Hall–Kier alpha value is -2.42. The summed E-state index contributed by atoms with van der Waals surface area (Å²) in [6.07, 6.45) is 3.01. The van der Waals surface area contributed by atoms with Crippen molar-refractivity contribution in [2.24, 2.45) is 4.99 Å². The molecule has 3 rings (SSSR count). The molecule has 0 amide bonds. The Morgan fingerprint density at radius 1 is 1.03 bits per heavy atom. The van der Waals surface area contributed by atoms with Crippen molar-refractivity contribution in [2.75, 3.05) is 34.4 Å². The summed E-state index contributed by atoms with van der Waals surface area (Å²) < 4.78 is 10.8. The van der Waals surface area contributed by atoms with Crippen LogP contribution >= 0.6 is 24.0 Å². The van der Waals surface area contributed by atoms with Crippen molar-refractivity contribution in [1.82, 2.24) is 15.6 Å². The third kappa shape index (κ3) is 6.06. The van der Waals surface area contributed by atoms with E-state index in [0.717, 1.165) is 37.0 Å². The quantitative estimate of drug-likeness (QED) is 0.226. The smallest absolute Gasteiger partial charge is 0.191 e. The van der Waals surface area contributed by atoms with E-state index in [1.54, 1.807) is 21.3 Å². The lowest BCUT2D eigenvalue weighted by atomic mass is 9.84. The molecule has 0 aliphatic carbocycles. The number of benzene rings is 2. The number of fused-ring (bicyclic) bond motifs is 1. The second-order valence-electron chi connectivity index (χ2n) is 7.92. The van der Waals surface area contributed by atoms with Gasteiger partial charge in [0.05, 0.1) is 14.2 Å². The number of nitrogens with zero attached hydrogens (tertiary/aromatic N) is 1. The first-order chi connectivity index (χ1) is 14.5. The van der Waals surface area contributed by atoms with Crippen LogP contribution in [0.5, 0.6) is 11.5 Å². The number of aliphatic imine (C=N–C) groups is 1. The molecule has 31 heavy (non-hydrogen) atoms. The molecule has 6 nitrogen and oxygen atoms in total. The molecule has 3 aromatic rings. The number of nitrogens with one attached hydrogen (secondary N) is 3. The van der Waals surface area contributed by atoms with Gasteiger partial charge in [0, 0.05) is 42.7 Å². The molecule has 168 valence electrons. The Labute approximate surface area is 201 Å². The van der Waals surface area contributed by atoms with E-state index in [1.165, 1.54) is 22.0 Å². The van der Waals surface area contributed by atoms with Crippen molar-refractivity contribution in [3.8, 4) is 11.5 Å². The summed E-state index contributed by atoms with van der Waals surface area (Å²) in [7, 11) is 5.10. The highest BCUT2D eigenvalue weighted by Gasteiger charge is 2.22. The van der Waals surface area contributed by atoms with Crippen molar-refractivity contribution in [1.29, 1.82) is 0 Å². The summed E-state index contributed by atoms with van der Waals surface area (Å²) in [6, 6.07) is 14.4. The number of halogens is 1. The Bertz CT molecular complexity index is 1010. The summed E-state index contributed by atoms with van der Waals surface area (Å²) in [5.41, 5.74) is 3.53. The fraction of sp³-hybridized carbons (Fsp3) is 0.375. The van der Waals surface area contributed by atoms with E-state index in [4.69, 9.17) is 9.47 Å². The number of aromatic amines is 1. The normalized spacial score (nSPS) is 11.7. The molecule has 0 aliphatic heterocycles. The van der Waals surface area contributed by atoms with Crippen LogP contribution in [0.3, 0.4) is 0 Å². The van der Waals surface area contributed by atoms with E-state index in [0.29, 0.717) is 0 Å². The van der Waals surface area contributed by atoms with Crippen LogP contribution < -0.4 is 20.1 Å². The predicted molar refractivity (Wildman–Crippen MR) is 139 cm³/mol. The average Bonchev–Trinajstić information content (AvgIpc) is 3.18. The van der Waals surface area contributed by atoms with Crippen LogP contribution in [0.4, 0.5) is 0 Å². The summed E-state index contributed by atoms with van der Waals surface area (Å²) in [4.78, 5) is 7.70. The molecule has 7 heteroatoms. The molecule has 0 saturated heterocycles. The topological polar surface area (TPSA) is 70.7 Å². The monoisotopic (exact) mass is 536 g/mol. The minimum Gasteiger partial charge on any atom is -0.493 e. The van der Waals surface area contributed by atoms with E-state index >= 15 is 0 Å². The van der Waals surface area contributed by atoms with Gasteiger partial charge in [-0.25, -0.2) is 0 Å². The lowest BCUT2D eigenvalue weighted by Gasteiger charge is -2.27. The lowest BCUT2D eigenvalue weighted by Crippen LogP contribution is -2.44. The first-order valence-electron chi connectivity index (χ1n) is 10.2. The zero-order valence-electron chi connectivity index (χ0n) is 18.9. The van der Waals surface area contributed by atoms with Gasteiger partial charge >= 0.3 is 0 Å². The number of aromatic nitrogens is 1. The number of rotatable bonds is 8. The van der Waals surface area contributed by atoms with Gasteiger partial charge < -0.3 is 25.1 Å². The Balaban J connectivity index is 0.00000341. The average molecular weight is 536 g/mol. The molecule has 0 bridgehead atoms. The molecule has 0 aliphatic rings. The minimum absolute atomic E-state index is 0. The van der Waals surface area contributed by atoms with Crippen molar-refractivity contribution in [2.45, 2.75) is 25.7 Å². The molecule has 0 atom stereocenters. The molecule has 0 unspecified atom stereocenters. The third-order valence-corrected chi connectivity index (χ3v) is 5.45. The summed E-state index contributed by atoms with van der Waals surface area (Å²) in [6.45, 7) is 5.93. The first kappa shape index (κ1) is 24.8. The van der Waals surface area contributed by atoms with E-state index in [-0.39, 0.29) is 29.4 Å². The highest BCUT2D eigenvalue weighted by Crippen LogP contribution is 2.32. The first-order valence-corrected chi connectivity index (χ1v) is 10.2. The second kappa shape index (κ2) is 11.3. The standard InChI is InChI=1S/C24H32N4O2.HI/c1-24(2,18-10-11-21(29-4)22(14-18)30-5)16-28-23(25-3)26-13-12-17-15-27-20-9-7-6-8-19(17)20;/h6-11,14-15,27H,12-13,16H2,1-5H3,(H2,25,26,28);1H. The van der Waals surface area contributed by atoms with Gasteiger partial charge in [-0.1, -0.05) is 38.1 Å². The van der Waals surface area contributed by atoms with E-state index in [9.17, 15) is 0 Å². The van der Waals surface area contributed by atoms with Gasteiger partial charge in [0.15, 0.2) is 17.5 Å². The van der Waals surface area contributed by atoms with Crippen LogP contribution in [0.15, 0.2) is 53.7 Å². The van der Waals surface area contributed by atoms with Crippen molar-refractivity contribution < 1.29 is 9.47 Å². The molecule has 1 heterocycles. The molecular formula is C24H33IN4O2. The van der Waals surface area contributed by atoms with Gasteiger partial charge in [-0.2, -0.15) is 0 Å². The van der Waals surface area contributed by atoms with Crippen molar-refractivity contribution >= 4 is 40.8 Å². The van der Waals surface area contributed by atoms with Crippen molar-refractivity contribution in [3.05, 3.63) is 59.8 Å². The van der Waals surface area contributed by atoms with E-state index in [1.807, 2.05) is 18.2 Å². The van der Waals surface area contributed by atoms with Gasteiger partial charge in [0.1, 0.15) is 0 Å². The fourth-order valence-corrected chi connectivity index (χ4v) is 3.54. The van der Waals surface area contributed by atoms with Crippen molar-refractivity contribution in [3.63, 3.8) is 0 Å². The third-order valence-electron chi connectivity index (χ3n) is 5.45. The molecule has 1 aromatic heterocycles. The van der Waals surface area contributed by atoms with Crippen LogP contribution in [-0.4, -0.2) is 45.3 Å². The fourth-order valence-electron chi connectivity index (χ4n) is 3.54. The zero-order valence-corrected chi connectivity index (χ0v) is 21.2.